The summed E-state index contributed by atoms with van der Waals surface area (Å²) >= 11 is 0. The molecule has 7 heteroatoms. The van der Waals surface area contributed by atoms with Gasteiger partial charge in [-0.25, -0.2) is 0 Å². The third-order valence-electron chi connectivity index (χ3n) is 4.04. The molecule has 0 aliphatic carbocycles. The number of ether oxygens (including phenoxy) is 2. The summed E-state index contributed by atoms with van der Waals surface area (Å²) in [7, 11) is 1.56. The molecule has 2 N–H and O–H groups in total. The molecule has 7 nitrogen and oxygen atoms in total. The normalized spacial score (nSPS) is 15.3. The molecule has 0 radical (unpaired) electrons. The number of morpholine rings is 1. The molecule has 1 amide bonds. The molecule has 1 saturated heterocycles. The third kappa shape index (κ3) is 6.84. The highest BCUT2D eigenvalue weighted by Gasteiger charge is 2.10. The standard InChI is InChI=1S/C19H26N4O3/c1-25-11-7-22-19(24)17(15-20)14-16-2-4-18(5-3-16)21-6-8-23-9-12-26-13-10-23/h2-5,14,21H,6-13H2,1H3,(H,22,24)/b17-14+. The van der Waals surface area contributed by atoms with Crippen LogP contribution in [0.5, 0.6) is 0 Å². The lowest BCUT2D eigenvalue weighted by Gasteiger charge is -2.26. The molecule has 1 aliphatic heterocycles. The molecule has 1 heterocycles. The molecule has 0 bridgehead atoms. The van der Waals surface area contributed by atoms with Crippen LogP contribution in [-0.2, 0) is 14.3 Å². The molecule has 2 rings (SSSR count). The molecule has 0 saturated carbocycles. The Morgan fingerprint density at radius 1 is 1.31 bits per heavy atom. The number of hydrogen-bond acceptors (Lipinski definition) is 6. The number of benzene rings is 1. The molecule has 1 fully saturated rings. The van der Waals surface area contributed by atoms with E-state index in [0.717, 1.165) is 50.6 Å². The van der Waals surface area contributed by atoms with Gasteiger partial charge in [-0.2, -0.15) is 5.26 Å². The average Bonchev–Trinajstić information content (AvgIpc) is 2.68. The summed E-state index contributed by atoms with van der Waals surface area (Å²) in [5.74, 6) is -0.391. The number of methoxy groups -OCH3 is 1. The lowest BCUT2D eigenvalue weighted by atomic mass is 10.1. The molecule has 140 valence electrons. The van der Waals surface area contributed by atoms with Crippen LogP contribution in [0.1, 0.15) is 5.56 Å². The lowest BCUT2D eigenvalue weighted by molar-refractivity contribution is -0.117. The van der Waals surface area contributed by atoms with E-state index in [1.807, 2.05) is 30.3 Å². The Labute approximate surface area is 154 Å². The van der Waals surface area contributed by atoms with Gasteiger partial charge in [0.1, 0.15) is 11.6 Å². The molecular formula is C19H26N4O3. The van der Waals surface area contributed by atoms with Gasteiger partial charge in [-0.05, 0) is 23.8 Å². The number of hydrogen-bond donors (Lipinski definition) is 2. The molecule has 26 heavy (non-hydrogen) atoms. The third-order valence-corrected chi connectivity index (χ3v) is 4.04. The summed E-state index contributed by atoms with van der Waals surface area (Å²) in [4.78, 5) is 14.3. The Morgan fingerprint density at radius 2 is 2.04 bits per heavy atom. The number of nitriles is 1. The van der Waals surface area contributed by atoms with Gasteiger partial charge in [0, 0.05) is 45.5 Å². The molecule has 1 aromatic rings. The van der Waals surface area contributed by atoms with Crippen LogP contribution in [0.4, 0.5) is 5.69 Å². The minimum Gasteiger partial charge on any atom is -0.384 e. The quantitative estimate of drug-likeness (QED) is 0.391. The van der Waals surface area contributed by atoms with Crippen molar-refractivity contribution in [1.82, 2.24) is 10.2 Å². The smallest absolute Gasteiger partial charge is 0.262 e. The molecule has 0 atom stereocenters. The molecule has 1 aliphatic rings. The van der Waals surface area contributed by atoms with E-state index in [0.29, 0.717) is 13.2 Å². The maximum Gasteiger partial charge on any atom is 0.262 e. The van der Waals surface area contributed by atoms with Crippen LogP contribution in [-0.4, -0.2) is 70.5 Å². The minimum atomic E-state index is -0.391. The van der Waals surface area contributed by atoms with E-state index in [2.05, 4.69) is 15.5 Å². The number of carbonyl (C=O) groups excluding carboxylic acids is 1. The predicted octanol–water partition coefficient (Wildman–Crippen LogP) is 1.10. The number of carbonyl (C=O) groups is 1. The van der Waals surface area contributed by atoms with E-state index in [1.54, 1.807) is 13.2 Å². The fourth-order valence-electron chi connectivity index (χ4n) is 2.56. The van der Waals surface area contributed by atoms with Crippen molar-refractivity contribution in [3.8, 4) is 6.07 Å². The Kier molecular flexibility index (Phi) is 8.63. The minimum absolute atomic E-state index is 0.0779. The van der Waals surface area contributed by atoms with Gasteiger partial charge < -0.3 is 20.1 Å². The molecule has 0 spiro atoms. The van der Waals surface area contributed by atoms with Gasteiger partial charge >= 0.3 is 0 Å². The predicted molar refractivity (Wildman–Crippen MR) is 101 cm³/mol. The van der Waals surface area contributed by atoms with E-state index in [1.165, 1.54) is 0 Å². The van der Waals surface area contributed by atoms with E-state index in [-0.39, 0.29) is 5.57 Å². The van der Waals surface area contributed by atoms with E-state index in [9.17, 15) is 10.1 Å². The van der Waals surface area contributed by atoms with Gasteiger partial charge in [0.05, 0.1) is 19.8 Å². The summed E-state index contributed by atoms with van der Waals surface area (Å²) < 4.78 is 10.2. The van der Waals surface area contributed by atoms with Crippen LogP contribution < -0.4 is 10.6 Å². The van der Waals surface area contributed by atoms with E-state index >= 15 is 0 Å². The highest BCUT2D eigenvalue weighted by atomic mass is 16.5. The summed E-state index contributed by atoms with van der Waals surface area (Å²) in [6.45, 7) is 6.20. The zero-order chi connectivity index (χ0) is 18.6. The van der Waals surface area contributed by atoms with Crippen LogP contribution in [0, 0.1) is 11.3 Å². The summed E-state index contributed by atoms with van der Waals surface area (Å²) in [5.41, 5.74) is 1.90. The highest BCUT2D eigenvalue weighted by molar-refractivity contribution is 6.01. The zero-order valence-corrected chi connectivity index (χ0v) is 15.2. The van der Waals surface area contributed by atoms with Gasteiger partial charge in [0.2, 0.25) is 0 Å². The highest BCUT2D eigenvalue weighted by Crippen LogP contribution is 2.12. The second kappa shape index (κ2) is 11.3. The first-order chi connectivity index (χ1) is 12.7. The number of rotatable bonds is 9. The van der Waals surface area contributed by atoms with Crippen molar-refractivity contribution in [2.45, 2.75) is 0 Å². The van der Waals surface area contributed by atoms with Crippen molar-refractivity contribution in [1.29, 1.82) is 5.26 Å². The largest absolute Gasteiger partial charge is 0.384 e. The number of nitrogens with zero attached hydrogens (tertiary/aromatic N) is 2. The Bertz CT molecular complexity index is 631. The SMILES string of the molecule is COCCNC(=O)/C(C#N)=C/c1ccc(NCCN2CCOCC2)cc1. The van der Waals surface area contributed by atoms with Gasteiger partial charge in [0.25, 0.3) is 5.91 Å². The van der Waals surface area contributed by atoms with Crippen LogP contribution >= 0.6 is 0 Å². The van der Waals surface area contributed by atoms with Crippen molar-refractivity contribution in [3.05, 3.63) is 35.4 Å². The summed E-state index contributed by atoms with van der Waals surface area (Å²) in [5, 5.41) is 15.2. The van der Waals surface area contributed by atoms with Crippen molar-refractivity contribution >= 4 is 17.7 Å². The summed E-state index contributed by atoms with van der Waals surface area (Å²) in [6, 6.07) is 9.61. The van der Waals surface area contributed by atoms with Crippen molar-refractivity contribution in [2.24, 2.45) is 0 Å². The fourth-order valence-corrected chi connectivity index (χ4v) is 2.56. The van der Waals surface area contributed by atoms with Crippen LogP contribution in [0.2, 0.25) is 0 Å². The maximum absolute atomic E-state index is 11.9. The van der Waals surface area contributed by atoms with Gasteiger partial charge in [0.15, 0.2) is 0 Å². The van der Waals surface area contributed by atoms with E-state index in [4.69, 9.17) is 9.47 Å². The average molecular weight is 358 g/mol. The number of amides is 1. The first-order valence-electron chi connectivity index (χ1n) is 8.76. The summed E-state index contributed by atoms with van der Waals surface area (Å²) in [6.07, 6.45) is 1.58. The molecule has 0 unspecified atom stereocenters. The van der Waals surface area contributed by atoms with Crippen molar-refractivity contribution < 1.29 is 14.3 Å². The molecular weight excluding hydrogens is 332 g/mol. The van der Waals surface area contributed by atoms with Crippen LogP contribution in [0.3, 0.4) is 0 Å². The Hall–Kier alpha value is -2.40. The monoisotopic (exact) mass is 358 g/mol. The van der Waals surface area contributed by atoms with Crippen molar-refractivity contribution in [2.75, 3.05) is 65.0 Å². The van der Waals surface area contributed by atoms with Gasteiger partial charge in [-0.15, -0.1) is 0 Å². The first kappa shape index (κ1) is 19.9. The van der Waals surface area contributed by atoms with Crippen LogP contribution in [0.15, 0.2) is 29.8 Å². The Balaban J connectivity index is 1.82. The van der Waals surface area contributed by atoms with Crippen LogP contribution in [0.25, 0.3) is 6.08 Å². The molecule has 1 aromatic carbocycles. The first-order valence-corrected chi connectivity index (χ1v) is 8.76. The topological polar surface area (TPSA) is 86.6 Å². The zero-order valence-electron chi connectivity index (χ0n) is 15.2. The maximum atomic E-state index is 11.9. The van der Waals surface area contributed by atoms with Crippen molar-refractivity contribution in [3.63, 3.8) is 0 Å². The second-order valence-electron chi connectivity index (χ2n) is 5.92. The van der Waals surface area contributed by atoms with Gasteiger partial charge in [-0.3, -0.25) is 9.69 Å². The number of nitrogens with one attached hydrogen (secondary N) is 2. The van der Waals surface area contributed by atoms with E-state index < -0.39 is 5.91 Å². The molecule has 0 aromatic heterocycles. The fraction of sp³-hybridized carbons (Fsp3) is 0.474. The lowest BCUT2D eigenvalue weighted by Crippen LogP contribution is -2.38. The second-order valence-corrected chi connectivity index (χ2v) is 5.92. The Morgan fingerprint density at radius 3 is 2.69 bits per heavy atom. The number of anilines is 1. The van der Waals surface area contributed by atoms with Gasteiger partial charge in [-0.1, -0.05) is 12.1 Å².